The summed E-state index contributed by atoms with van der Waals surface area (Å²) in [5.74, 6) is -0.0459. The summed E-state index contributed by atoms with van der Waals surface area (Å²) in [6.07, 6.45) is -2.78. The maximum absolute atomic E-state index is 12.5. The van der Waals surface area contributed by atoms with Crippen LogP contribution >= 0.6 is 11.6 Å². The molecule has 1 aliphatic rings. The lowest BCUT2D eigenvalue weighted by molar-refractivity contribution is -0.141. The van der Waals surface area contributed by atoms with E-state index in [0.717, 1.165) is 19.2 Å². The van der Waals surface area contributed by atoms with Gasteiger partial charge in [-0.25, -0.2) is 9.97 Å². The Morgan fingerprint density at radius 3 is 2.82 bits per heavy atom. The predicted molar refractivity (Wildman–Crippen MR) is 56.9 cm³/mol. The third-order valence-corrected chi connectivity index (χ3v) is 2.68. The van der Waals surface area contributed by atoms with Gasteiger partial charge in [-0.2, -0.15) is 13.2 Å². The van der Waals surface area contributed by atoms with Gasteiger partial charge in [0.1, 0.15) is 0 Å². The third-order valence-electron chi connectivity index (χ3n) is 2.41. The van der Waals surface area contributed by atoms with Crippen LogP contribution in [0.2, 0.25) is 5.02 Å². The van der Waals surface area contributed by atoms with Crippen LogP contribution in [0.3, 0.4) is 0 Å². The van der Waals surface area contributed by atoms with Crippen LogP contribution in [0.25, 0.3) is 0 Å². The first kappa shape index (κ1) is 12.4. The van der Waals surface area contributed by atoms with Crippen LogP contribution in [-0.2, 0) is 6.18 Å². The Balaban J connectivity index is 2.18. The molecule has 1 aromatic rings. The minimum absolute atomic E-state index is 0.0459. The molecule has 1 atom stereocenters. The number of nitrogens with one attached hydrogen (secondary N) is 2. The molecule has 2 heterocycles. The molecule has 0 aliphatic carbocycles. The molecule has 0 bridgehead atoms. The van der Waals surface area contributed by atoms with Gasteiger partial charge in [-0.05, 0) is 13.0 Å². The van der Waals surface area contributed by atoms with Crippen LogP contribution < -0.4 is 10.6 Å². The van der Waals surface area contributed by atoms with Crippen molar-refractivity contribution in [3.05, 3.63) is 16.9 Å². The molecular formula is C9H10ClF3N4. The highest BCUT2D eigenvalue weighted by atomic mass is 35.5. The number of halogens is 4. The molecule has 0 spiro atoms. The van der Waals surface area contributed by atoms with Crippen LogP contribution in [-0.4, -0.2) is 29.1 Å². The van der Waals surface area contributed by atoms with Crippen molar-refractivity contribution in [1.82, 2.24) is 15.3 Å². The first-order valence-electron chi connectivity index (χ1n) is 5.04. The number of hydrogen-bond donors (Lipinski definition) is 2. The molecule has 0 amide bonds. The zero-order valence-electron chi connectivity index (χ0n) is 8.68. The second-order valence-corrected chi connectivity index (χ2v) is 4.13. The summed E-state index contributed by atoms with van der Waals surface area (Å²) in [5, 5.41) is 5.43. The average molecular weight is 267 g/mol. The fourth-order valence-corrected chi connectivity index (χ4v) is 1.79. The van der Waals surface area contributed by atoms with E-state index in [-0.39, 0.29) is 12.0 Å². The lowest BCUT2D eigenvalue weighted by Gasteiger charge is -2.13. The SMILES string of the molecule is FC(F)(F)c1nc(NC2CCNC2)ncc1Cl. The van der Waals surface area contributed by atoms with Gasteiger partial charge in [0.15, 0.2) is 5.69 Å². The quantitative estimate of drug-likeness (QED) is 0.859. The van der Waals surface area contributed by atoms with Crippen molar-refractivity contribution in [2.75, 3.05) is 18.4 Å². The second-order valence-electron chi connectivity index (χ2n) is 3.72. The van der Waals surface area contributed by atoms with Crippen LogP contribution in [0.1, 0.15) is 12.1 Å². The van der Waals surface area contributed by atoms with Crippen LogP contribution in [0.15, 0.2) is 6.20 Å². The molecule has 1 saturated heterocycles. The molecule has 0 saturated carbocycles. The van der Waals surface area contributed by atoms with E-state index in [1.807, 2.05) is 0 Å². The van der Waals surface area contributed by atoms with Gasteiger partial charge >= 0.3 is 6.18 Å². The average Bonchev–Trinajstić information content (AvgIpc) is 2.72. The third kappa shape index (κ3) is 2.98. The van der Waals surface area contributed by atoms with E-state index in [9.17, 15) is 13.2 Å². The molecule has 17 heavy (non-hydrogen) atoms. The molecule has 1 unspecified atom stereocenters. The van der Waals surface area contributed by atoms with E-state index in [2.05, 4.69) is 20.6 Å². The summed E-state index contributed by atoms with van der Waals surface area (Å²) in [4.78, 5) is 7.13. The molecule has 94 valence electrons. The number of aromatic nitrogens is 2. The van der Waals surface area contributed by atoms with Crippen molar-refractivity contribution in [3.63, 3.8) is 0 Å². The van der Waals surface area contributed by atoms with Crippen molar-refractivity contribution in [3.8, 4) is 0 Å². The molecule has 0 radical (unpaired) electrons. The van der Waals surface area contributed by atoms with Crippen molar-refractivity contribution in [2.45, 2.75) is 18.6 Å². The summed E-state index contributed by atoms with van der Waals surface area (Å²) in [7, 11) is 0. The molecule has 1 aliphatic heterocycles. The summed E-state index contributed by atoms with van der Waals surface area (Å²) in [6, 6.07) is 0.0530. The van der Waals surface area contributed by atoms with Crippen LogP contribution in [0.4, 0.5) is 19.1 Å². The first-order chi connectivity index (χ1) is 7.97. The van der Waals surface area contributed by atoms with Crippen molar-refractivity contribution >= 4 is 17.5 Å². The molecule has 1 fully saturated rings. The highest BCUT2D eigenvalue weighted by Gasteiger charge is 2.36. The fourth-order valence-electron chi connectivity index (χ4n) is 1.60. The van der Waals surface area contributed by atoms with Crippen LogP contribution in [0.5, 0.6) is 0 Å². The zero-order valence-corrected chi connectivity index (χ0v) is 9.44. The summed E-state index contributed by atoms with van der Waals surface area (Å²) in [6.45, 7) is 1.52. The highest BCUT2D eigenvalue weighted by molar-refractivity contribution is 6.31. The first-order valence-corrected chi connectivity index (χ1v) is 5.41. The minimum Gasteiger partial charge on any atom is -0.350 e. The fraction of sp³-hybridized carbons (Fsp3) is 0.556. The Morgan fingerprint density at radius 1 is 1.47 bits per heavy atom. The Hall–Kier alpha value is -1.08. The predicted octanol–water partition coefficient (Wildman–Crippen LogP) is 1.92. The van der Waals surface area contributed by atoms with Gasteiger partial charge in [-0.1, -0.05) is 11.6 Å². The number of rotatable bonds is 2. The highest BCUT2D eigenvalue weighted by Crippen LogP contribution is 2.33. The van der Waals surface area contributed by atoms with Crippen LogP contribution in [0, 0.1) is 0 Å². The maximum atomic E-state index is 12.5. The Bertz CT molecular complexity index is 404. The standard InChI is InChI=1S/C9H10ClF3N4/c10-6-4-15-8(16-5-1-2-14-3-5)17-7(6)9(11,12)13/h4-5,14H,1-3H2,(H,15,16,17). The molecule has 1 aromatic heterocycles. The molecular weight excluding hydrogens is 257 g/mol. The molecule has 0 aromatic carbocycles. The largest absolute Gasteiger partial charge is 0.435 e. The van der Waals surface area contributed by atoms with Gasteiger partial charge in [0.2, 0.25) is 5.95 Å². The van der Waals surface area contributed by atoms with Gasteiger partial charge in [-0.15, -0.1) is 0 Å². The Morgan fingerprint density at radius 2 is 2.24 bits per heavy atom. The van der Waals surface area contributed by atoms with E-state index in [4.69, 9.17) is 11.6 Å². The van der Waals surface area contributed by atoms with Gasteiger partial charge in [-0.3, -0.25) is 0 Å². The van der Waals surface area contributed by atoms with E-state index >= 15 is 0 Å². The maximum Gasteiger partial charge on any atom is 0.435 e. The normalized spacial score (nSPS) is 20.6. The van der Waals surface area contributed by atoms with E-state index in [0.29, 0.717) is 6.54 Å². The lowest BCUT2D eigenvalue weighted by atomic mass is 10.3. The minimum atomic E-state index is -4.57. The van der Waals surface area contributed by atoms with Crippen molar-refractivity contribution in [1.29, 1.82) is 0 Å². The summed E-state index contributed by atoms with van der Waals surface area (Å²) >= 11 is 5.41. The number of hydrogen-bond acceptors (Lipinski definition) is 4. The Labute approximate surface area is 101 Å². The van der Waals surface area contributed by atoms with E-state index < -0.39 is 16.9 Å². The van der Waals surface area contributed by atoms with Crippen molar-refractivity contribution < 1.29 is 13.2 Å². The number of anilines is 1. The van der Waals surface area contributed by atoms with Crippen molar-refractivity contribution in [2.24, 2.45) is 0 Å². The van der Waals surface area contributed by atoms with Gasteiger partial charge < -0.3 is 10.6 Å². The Kier molecular flexibility index (Phi) is 3.39. The zero-order chi connectivity index (χ0) is 12.5. The monoisotopic (exact) mass is 266 g/mol. The second kappa shape index (κ2) is 4.66. The van der Waals surface area contributed by atoms with Gasteiger partial charge in [0.25, 0.3) is 0 Å². The number of nitrogens with zero attached hydrogens (tertiary/aromatic N) is 2. The van der Waals surface area contributed by atoms with Gasteiger partial charge in [0.05, 0.1) is 11.2 Å². The molecule has 2 rings (SSSR count). The lowest BCUT2D eigenvalue weighted by Crippen LogP contribution is -2.24. The smallest absolute Gasteiger partial charge is 0.350 e. The topological polar surface area (TPSA) is 49.8 Å². The molecule has 8 heteroatoms. The van der Waals surface area contributed by atoms with E-state index in [1.165, 1.54) is 0 Å². The van der Waals surface area contributed by atoms with Gasteiger partial charge in [0, 0.05) is 12.6 Å². The number of alkyl halides is 3. The molecule has 4 nitrogen and oxygen atoms in total. The summed E-state index contributed by atoms with van der Waals surface area (Å²) < 4.78 is 37.6. The summed E-state index contributed by atoms with van der Waals surface area (Å²) in [5.41, 5.74) is -1.11. The molecule has 2 N–H and O–H groups in total. The van der Waals surface area contributed by atoms with E-state index in [1.54, 1.807) is 0 Å².